The molecule has 0 aliphatic rings. The Bertz CT molecular complexity index is 1100. The number of aliphatic hydroxyl groups excluding tert-OH is 1. The number of amides is 2. The first-order valence-electron chi connectivity index (χ1n) is 10.0. The van der Waals surface area contributed by atoms with E-state index in [0.29, 0.717) is 5.56 Å². The summed E-state index contributed by atoms with van der Waals surface area (Å²) in [5.74, 6) is -2.23. The first-order chi connectivity index (χ1) is 16.0. The lowest BCUT2D eigenvalue weighted by atomic mass is 10.0. The van der Waals surface area contributed by atoms with Crippen molar-refractivity contribution in [3.63, 3.8) is 0 Å². The van der Waals surface area contributed by atoms with Gasteiger partial charge in [0, 0.05) is 23.6 Å². The van der Waals surface area contributed by atoms with Crippen LogP contribution in [0.15, 0.2) is 46.5 Å². The molecule has 2 aromatic heterocycles. The van der Waals surface area contributed by atoms with Crippen molar-refractivity contribution in [2.24, 2.45) is 0 Å². The number of nitrogens with one attached hydrogen (secondary N) is 2. The molecule has 0 saturated heterocycles. The number of thiazole rings is 1. The zero-order chi connectivity index (χ0) is 24.9. The van der Waals surface area contributed by atoms with Gasteiger partial charge in [-0.25, -0.2) is 14.4 Å². The molecule has 0 aliphatic heterocycles. The van der Waals surface area contributed by atoms with Gasteiger partial charge in [-0.05, 0) is 37.6 Å². The predicted molar refractivity (Wildman–Crippen MR) is 113 cm³/mol. The fraction of sp³-hybridized carbons (Fsp3) is 0.333. The molecule has 0 aliphatic carbocycles. The maximum Gasteiger partial charge on any atom is 0.389 e. The van der Waals surface area contributed by atoms with E-state index in [1.165, 1.54) is 37.4 Å². The van der Waals surface area contributed by atoms with Crippen molar-refractivity contribution < 1.29 is 36.7 Å². The van der Waals surface area contributed by atoms with Crippen LogP contribution in [0.5, 0.6) is 0 Å². The zero-order valence-corrected chi connectivity index (χ0v) is 18.5. The summed E-state index contributed by atoms with van der Waals surface area (Å²) in [5, 5.41) is 16.8. The van der Waals surface area contributed by atoms with E-state index in [-0.39, 0.29) is 16.7 Å². The van der Waals surface area contributed by atoms with Crippen LogP contribution in [0.1, 0.15) is 41.4 Å². The Balaban J connectivity index is 1.63. The van der Waals surface area contributed by atoms with Crippen LogP contribution in [0.3, 0.4) is 0 Å². The summed E-state index contributed by atoms with van der Waals surface area (Å²) in [6.07, 6.45) is -5.25. The zero-order valence-electron chi connectivity index (χ0n) is 17.7. The largest absolute Gasteiger partial charge is 0.431 e. The minimum Gasteiger partial charge on any atom is -0.431 e. The van der Waals surface area contributed by atoms with Crippen LogP contribution in [0.4, 0.5) is 17.6 Å². The average molecular weight is 500 g/mol. The summed E-state index contributed by atoms with van der Waals surface area (Å²) < 4.78 is 56.6. The molecule has 2 amide bonds. The number of oxazole rings is 1. The molecule has 0 spiro atoms. The summed E-state index contributed by atoms with van der Waals surface area (Å²) in [7, 11) is 0. The lowest BCUT2D eigenvalue weighted by Crippen LogP contribution is -2.49. The topological polar surface area (TPSA) is 117 Å². The maximum atomic E-state index is 13.1. The number of halogens is 4. The molecule has 3 atom stereocenters. The quantitative estimate of drug-likeness (QED) is 0.387. The highest BCUT2D eigenvalue weighted by molar-refractivity contribution is 7.09. The van der Waals surface area contributed by atoms with Crippen LogP contribution in [0.2, 0.25) is 0 Å². The summed E-state index contributed by atoms with van der Waals surface area (Å²) in [6.45, 7) is 1.32. The molecule has 0 bridgehead atoms. The van der Waals surface area contributed by atoms with E-state index in [0.717, 1.165) is 17.5 Å². The molecule has 8 nitrogen and oxygen atoms in total. The molecule has 182 valence electrons. The van der Waals surface area contributed by atoms with E-state index < -0.39 is 54.8 Å². The first kappa shape index (κ1) is 25.3. The van der Waals surface area contributed by atoms with Crippen molar-refractivity contribution in [2.75, 3.05) is 0 Å². The van der Waals surface area contributed by atoms with Gasteiger partial charge in [-0.2, -0.15) is 13.2 Å². The molecule has 3 aromatic rings. The third-order valence-electron chi connectivity index (χ3n) is 4.71. The smallest absolute Gasteiger partial charge is 0.389 e. The Morgan fingerprint density at radius 2 is 1.88 bits per heavy atom. The number of aromatic nitrogens is 2. The second-order valence-electron chi connectivity index (χ2n) is 7.32. The fourth-order valence-electron chi connectivity index (χ4n) is 2.93. The lowest BCUT2D eigenvalue weighted by molar-refractivity contribution is -0.140. The molecule has 0 saturated carbocycles. The molecule has 3 rings (SSSR count). The van der Waals surface area contributed by atoms with Crippen LogP contribution in [0.25, 0.3) is 11.5 Å². The van der Waals surface area contributed by atoms with Gasteiger partial charge >= 0.3 is 6.18 Å². The van der Waals surface area contributed by atoms with E-state index in [2.05, 4.69) is 20.6 Å². The van der Waals surface area contributed by atoms with E-state index in [4.69, 9.17) is 4.42 Å². The second kappa shape index (κ2) is 10.7. The normalized spacial score (nSPS) is 14.3. The Labute approximate surface area is 195 Å². The Hall–Kier alpha value is -3.32. The van der Waals surface area contributed by atoms with Crippen molar-refractivity contribution in [3.8, 4) is 11.5 Å². The lowest BCUT2D eigenvalue weighted by Gasteiger charge is -2.25. The Morgan fingerprint density at radius 1 is 1.18 bits per heavy atom. The van der Waals surface area contributed by atoms with Crippen molar-refractivity contribution in [1.29, 1.82) is 0 Å². The Kier molecular flexibility index (Phi) is 7.99. The van der Waals surface area contributed by atoms with E-state index >= 15 is 0 Å². The number of carbonyl (C=O) groups excluding carboxylic acids is 2. The average Bonchev–Trinajstić information content (AvgIpc) is 3.48. The number of hydrogen-bond acceptors (Lipinski definition) is 7. The maximum absolute atomic E-state index is 13.1. The third-order valence-corrected chi connectivity index (χ3v) is 5.56. The standard InChI is InChI=1S/C21H20F4N4O4S/c1-11(28-18(32)15-10-27-19(33-15)12-2-4-13(22)5-3-12)17(31)29-14(6-7-21(23,24)25)16(30)20-26-8-9-34-20/h2-5,8-11,14,16,30H,6-7H2,1H3,(H,28,32)(H,29,31)/t11-,14-,16?/m0/s1. The van der Waals surface area contributed by atoms with Gasteiger partial charge in [0.2, 0.25) is 17.6 Å². The van der Waals surface area contributed by atoms with Gasteiger partial charge in [-0.3, -0.25) is 9.59 Å². The minimum absolute atomic E-state index is 0.0565. The van der Waals surface area contributed by atoms with Crippen LogP contribution in [0, 0.1) is 5.82 Å². The summed E-state index contributed by atoms with van der Waals surface area (Å²) in [4.78, 5) is 32.8. The monoisotopic (exact) mass is 500 g/mol. The highest BCUT2D eigenvalue weighted by atomic mass is 32.1. The number of alkyl halides is 3. The summed E-state index contributed by atoms with van der Waals surface area (Å²) in [5.41, 5.74) is 0.426. The Morgan fingerprint density at radius 3 is 2.50 bits per heavy atom. The van der Waals surface area contributed by atoms with Gasteiger partial charge in [0.15, 0.2) is 0 Å². The molecule has 34 heavy (non-hydrogen) atoms. The van der Waals surface area contributed by atoms with Gasteiger partial charge in [-0.15, -0.1) is 11.3 Å². The summed E-state index contributed by atoms with van der Waals surface area (Å²) in [6, 6.07) is 2.75. The molecule has 1 unspecified atom stereocenters. The summed E-state index contributed by atoms with van der Waals surface area (Å²) >= 11 is 1.03. The molecule has 0 fully saturated rings. The number of carbonyl (C=O) groups is 2. The van der Waals surface area contributed by atoms with Crippen LogP contribution in [-0.4, -0.2) is 45.1 Å². The predicted octanol–water partition coefficient (Wildman–Crippen LogP) is 3.62. The second-order valence-corrected chi connectivity index (χ2v) is 8.24. The third kappa shape index (κ3) is 6.84. The molecule has 3 N–H and O–H groups in total. The van der Waals surface area contributed by atoms with Gasteiger partial charge in [0.05, 0.1) is 12.2 Å². The number of nitrogens with zero attached hydrogens (tertiary/aromatic N) is 2. The molecule has 13 heteroatoms. The van der Waals surface area contributed by atoms with Crippen molar-refractivity contribution >= 4 is 23.2 Å². The van der Waals surface area contributed by atoms with Gasteiger partial charge in [0.1, 0.15) is 23.0 Å². The SMILES string of the molecule is C[C@H](NC(=O)c1cnc(-c2ccc(F)cc2)o1)C(=O)N[C@@H](CCC(F)(F)F)C(O)c1nccs1. The van der Waals surface area contributed by atoms with Crippen molar-refractivity contribution in [3.05, 3.63) is 58.6 Å². The van der Waals surface area contributed by atoms with Crippen LogP contribution < -0.4 is 10.6 Å². The van der Waals surface area contributed by atoms with Crippen LogP contribution in [-0.2, 0) is 4.79 Å². The van der Waals surface area contributed by atoms with E-state index in [1.54, 1.807) is 5.38 Å². The fourth-order valence-corrected chi connectivity index (χ4v) is 3.61. The van der Waals surface area contributed by atoms with Crippen molar-refractivity contribution in [2.45, 2.75) is 44.1 Å². The number of hydrogen-bond donors (Lipinski definition) is 3. The molecular formula is C21H20F4N4O4S. The first-order valence-corrected chi connectivity index (χ1v) is 10.9. The molecular weight excluding hydrogens is 480 g/mol. The molecule has 1 aromatic carbocycles. The minimum atomic E-state index is -4.49. The molecule has 0 radical (unpaired) electrons. The molecule has 2 heterocycles. The van der Waals surface area contributed by atoms with Gasteiger partial charge in [0.25, 0.3) is 5.91 Å². The van der Waals surface area contributed by atoms with E-state index in [1.807, 2.05) is 0 Å². The number of benzene rings is 1. The highest BCUT2D eigenvalue weighted by Crippen LogP contribution is 2.27. The number of aliphatic hydroxyl groups is 1. The number of rotatable bonds is 9. The van der Waals surface area contributed by atoms with E-state index in [9.17, 15) is 32.3 Å². The highest BCUT2D eigenvalue weighted by Gasteiger charge is 2.33. The van der Waals surface area contributed by atoms with Gasteiger partial charge < -0.3 is 20.2 Å². The van der Waals surface area contributed by atoms with Gasteiger partial charge in [-0.1, -0.05) is 0 Å². The van der Waals surface area contributed by atoms with Crippen LogP contribution >= 0.6 is 11.3 Å². The van der Waals surface area contributed by atoms with Crippen molar-refractivity contribution in [1.82, 2.24) is 20.6 Å².